The molecule has 1 heterocycles. The number of ether oxygens (including phenoxy) is 1. The first kappa shape index (κ1) is 21.7. The Balaban J connectivity index is 0.00000312. The summed E-state index contributed by atoms with van der Waals surface area (Å²) in [6, 6.07) is 10.0. The van der Waals surface area contributed by atoms with E-state index in [1.54, 1.807) is 11.3 Å². The van der Waals surface area contributed by atoms with Gasteiger partial charge in [-0.1, -0.05) is 18.2 Å². The van der Waals surface area contributed by atoms with E-state index in [9.17, 15) is 9.90 Å². The highest BCUT2D eigenvalue weighted by molar-refractivity contribution is 14.0. The number of halogens is 1. The third kappa shape index (κ3) is 6.79. The summed E-state index contributed by atoms with van der Waals surface area (Å²) in [6.07, 6.45) is -0.391. The van der Waals surface area contributed by atoms with Gasteiger partial charge in [0.2, 0.25) is 0 Å². The SMILES string of the molecule is CCNC(=NCC(O)c1cc2ccccc2s1)NCCC(=O)OC.I. The molecule has 1 unspecified atom stereocenters. The Morgan fingerprint density at radius 1 is 1.36 bits per heavy atom. The van der Waals surface area contributed by atoms with Crippen LogP contribution < -0.4 is 10.6 Å². The molecular weight excluding hydrogens is 453 g/mol. The van der Waals surface area contributed by atoms with E-state index in [0.29, 0.717) is 19.0 Å². The van der Waals surface area contributed by atoms with Crippen LogP contribution in [0.3, 0.4) is 0 Å². The molecule has 0 amide bonds. The molecule has 8 heteroatoms. The molecule has 1 atom stereocenters. The molecule has 0 saturated heterocycles. The van der Waals surface area contributed by atoms with Gasteiger partial charge in [-0.15, -0.1) is 35.3 Å². The van der Waals surface area contributed by atoms with Crippen molar-refractivity contribution >= 4 is 57.3 Å². The van der Waals surface area contributed by atoms with Crippen LogP contribution in [0, 0.1) is 0 Å². The van der Waals surface area contributed by atoms with Gasteiger partial charge in [-0.05, 0) is 24.4 Å². The van der Waals surface area contributed by atoms with E-state index in [-0.39, 0.29) is 42.9 Å². The molecule has 0 fully saturated rings. The van der Waals surface area contributed by atoms with E-state index in [1.807, 2.05) is 37.3 Å². The molecule has 138 valence electrons. The lowest BCUT2D eigenvalue weighted by molar-refractivity contribution is -0.140. The van der Waals surface area contributed by atoms with Crippen LogP contribution in [0.5, 0.6) is 0 Å². The third-order valence-corrected chi connectivity index (χ3v) is 4.61. The summed E-state index contributed by atoms with van der Waals surface area (Å²) in [5.41, 5.74) is 0. The van der Waals surface area contributed by atoms with E-state index in [1.165, 1.54) is 7.11 Å². The Labute approximate surface area is 168 Å². The first-order valence-electron chi connectivity index (χ1n) is 7.89. The Kier molecular flexibility index (Phi) is 9.76. The third-order valence-electron chi connectivity index (χ3n) is 3.39. The van der Waals surface area contributed by atoms with Crippen molar-refractivity contribution in [2.75, 3.05) is 26.7 Å². The number of nitrogens with zero attached hydrogens (tertiary/aromatic N) is 1. The average Bonchev–Trinajstić information content (AvgIpc) is 3.03. The highest BCUT2D eigenvalue weighted by atomic mass is 127. The number of methoxy groups -OCH3 is 1. The summed E-state index contributed by atoms with van der Waals surface area (Å²) in [5.74, 6) is 0.297. The second-order valence-electron chi connectivity index (χ2n) is 5.17. The Bertz CT molecular complexity index is 672. The van der Waals surface area contributed by atoms with Gasteiger partial charge in [0.05, 0.1) is 20.1 Å². The van der Waals surface area contributed by atoms with E-state index in [4.69, 9.17) is 0 Å². The highest BCUT2D eigenvalue weighted by Gasteiger charge is 2.11. The maximum Gasteiger partial charge on any atom is 0.307 e. The van der Waals surface area contributed by atoms with Gasteiger partial charge in [0.15, 0.2) is 5.96 Å². The number of rotatable bonds is 7. The van der Waals surface area contributed by atoms with E-state index < -0.39 is 6.10 Å². The Morgan fingerprint density at radius 2 is 2.12 bits per heavy atom. The molecule has 0 aliphatic carbocycles. The highest BCUT2D eigenvalue weighted by Crippen LogP contribution is 2.29. The number of fused-ring (bicyclic) bond motifs is 1. The van der Waals surface area contributed by atoms with Gasteiger partial charge in [0.25, 0.3) is 0 Å². The number of aliphatic hydroxyl groups is 1. The van der Waals surface area contributed by atoms with E-state index >= 15 is 0 Å². The molecule has 0 saturated carbocycles. The number of aliphatic imine (C=N–C) groups is 1. The zero-order valence-electron chi connectivity index (χ0n) is 14.3. The minimum Gasteiger partial charge on any atom is -0.469 e. The fourth-order valence-corrected chi connectivity index (χ4v) is 3.20. The van der Waals surface area contributed by atoms with Crippen molar-refractivity contribution < 1.29 is 14.6 Å². The molecule has 25 heavy (non-hydrogen) atoms. The number of aliphatic hydroxyl groups excluding tert-OH is 1. The number of hydrogen-bond acceptors (Lipinski definition) is 5. The molecule has 1 aromatic heterocycles. The largest absolute Gasteiger partial charge is 0.469 e. The zero-order valence-corrected chi connectivity index (χ0v) is 17.5. The number of thiophene rings is 1. The summed E-state index contributed by atoms with van der Waals surface area (Å²) >= 11 is 1.57. The maximum atomic E-state index is 11.1. The van der Waals surface area contributed by atoms with Crippen molar-refractivity contribution in [1.82, 2.24) is 10.6 Å². The van der Waals surface area contributed by atoms with Gasteiger partial charge < -0.3 is 20.5 Å². The van der Waals surface area contributed by atoms with Crippen molar-refractivity contribution in [3.8, 4) is 0 Å². The molecule has 0 aliphatic heterocycles. The fourth-order valence-electron chi connectivity index (χ4n) is 2.16. The van der Waals surface area contributed by atoms with Crippen molar-refractivity contribution in [3.05, 3.63) is 35.2 Å². The van der Waals surface area contributed by atoms with Crippen LogP contribution in [0.1, 0.15) is 24.3 Å². The number of guanidine groups is 1. The standard InChI is InChI=1S/C17H23N3O3S.HI/c1-3-18-17(19-9-8-16(22)23-2)20-11-13(21)15-10-12-6-4-5-7-14(12)24-15;/h4-7,10,13,21H,3,8-9,11H2,1-2H3,(H2,18,19,20);1H. The molecular formula is C17H24IN3O3S. The number of nitrogens with one attached hydrogen (secondary N) is 2. The number of carbonyl (C=O) groups excluding carboxylic acids is 1. The number of hydrogen-bond donors (Lipinski definition) is 3. The summed E-state index contributed by atoms with van der Waals surface area (Å²) in [4.78, 5) is 16.4. The van der Waals surface area contributed by atoms with Crippen LogP contribution in [0.15, 0.2) is 35.3 Å². The van der Waals surface area contributed by atoms with Crippen LogP contribution in [0.2, 0.25) is 0 Å². The number of esters is 1. The summed E-state index contributed by atoms with van der Waals surface area (Å²) in [5, 5.41) is 17.6. The van der Waals surface area contributed by atoms with Crippen molar-refractivity contribution in [2.45, 2.75) is 19.4 Å². The van der Waals surface area contributed by atoms with Crippen molar-refractivity contribution in [1.29, 1.82) is 0 Å². The Morgan fingerprint density at radius 3 is 2.80 bits per heavy atom. The second-order valence-corrected chi connectivity index (χ2v) is 6.29. The summed E-state index contributed by atoms with van der Waals surface area (Å²) in [6.45, 7) is 3.33. The van der Waals surface area contributed by atoms with Gasteiger partial charge in [0, 0.05) is 22.7 Å². The number of carbonyl (C=O) groups is 1. The molecule has 0 radical (unpaired) electrons. The molecule has 2 aromatic rings. The summed E-state index contributed by atoms with van der Waals surface area (Å²) in [7, 11) is 1.36. The van der Waals surface area contributed by atoms with Gasteiger partial charge in [0.1, 0.15) is 6.10 Å². The topological polar surface area (TPSA) is 83.0 Å². The minimum atomic E-state index is -0.654. The van der Waals surface area contributed by atoms with Crippen LogP contribution in [0.4, 0.5) is 0 Å². The van der Waals surface area contributed by atoms with Gasteiger partial charge >= 0.3 is 5.97 Å². The molecule has 0 bridgehead atoms. The number of benzene rings is 1. The molecule has 6 nitrogen and oxygen atoms in total. The van der Waals surface area contributed by atoms with E-state index in [0.717, 1.165) is 15.0 Å². The zero-order chi connectivity index (χ0) is 17.4. The molecule has 0 spiro atoms. The predicted molar refractivity (Wildman–Crippen MR) is 113 cm³/mol. The van der Waals surface area contributed by atoms with Crippen molar-refractivity contribution in [2.24, 2.45) is 4.99 Å². The smallest absolute Gasteiger partial charge is 0.307 e. The van der Waals surface area contributed by atoms with Crippen LogP contribution in [-0.4, -0.2) is 43.8 Å². The Hall–Kier alpha value is -1.39. The first-order valence-corrected chi connectivity index (χ1v) is 8.71. The molecule has 1 aromatic carbocycles. The fraction of sp³-hybridized carbons (Fsp3) is 0.412. The first-order chi connectivity index (χ1) is 11.6. The lowest BCUT2D eigenvalue weighted by Gasteiger charge is -2.12. The second kappa shape index (κ2) is 11.3. The quantitative estimate of drug-likeness (QED) is 0.247. The molecule has 0 aliphatic rings. The normalized spacial score (nSPS) is 12.4. The van der Waals surface area contributed by atoms with Gasteiger partial charge in [-0.25, -0.2) is 0 Å². The van der Waals surface area contributed by atoms with Crippen LogP contribution in [0.25, 0.3) is 10.1 Å². The predicted octanol–water partition coefficient (Wildman–Crippen LogP) is 2.67. The lowest BCUT2D eigenvalue weighted by Crippen LogP contribution is -2.38. The van der Waals surface area contributed by atoms with Crippen LogP contribution >= 0.6 is 35.3 Å². The van der Waals surface area contributed by atoms with Crippen LogP contribution in [-0.2, 0) is 9.53 Å². The van der Waals surface area contributed by atoms with E-state index in [2.05, 4.69) is 20.4 Å². The minimum absolute atomic E-state index is 0. The van der Waals surface area contributed by atoms with Crippen molar-refractivity contribution in [3.63, 3.8) is 0 Å². The lowest BCUT2D eigenvalue weighted by atomic mass is 10.2. The maximum absolute atomic E-state index is 11.1. The monoisotopic (exact) mass is 477 g/mol. The summed E-state index contributed by atoms with van der Waals surface area (Å²) < 4.78 is 5.75. The molecule has 3 N–H and O–H groups in total. The molecule has 2 rings (SSSR count). The van der Waals surface area contributed by atoms with Gasteiger partial charge in [-0.3, -0.25) is 9.79 Å². The van der Waals surface area contributed by atoms with Gasteiger partial charge in [-0.2, -0.15) is 0 Å². The average molecular weight is 477 g/mol.